The SMILES string of the molecule is C=C[C@H](c1ccc(F)cc1)[C@H](O)C(=O)Nc1ccccc1. The van der Waals surface area contributed by atoms with Crippen LogP contribution in [0.15, 0.2) is 67.3 Å². The van der Waals surface area contributed by atoms with Gasteiger partial charge in [0.2, 0.25) is 0 Å². The van der Waals surface area contributed by atoms with Crippen molar-refractivity contribution in [2.75, 3.05) is 5.32 Å². The van der Waals surface area contributed by atoms with E-state index in [0.29, 0.717) is 11.3 Å². The summed E-state index contributed by atoms with van der Waals surface area (Å²) in [6, 6.07) is 14.5. The molecule has 0 heterocycles. The number of anilines is 1. The fourth-order valence-corrected chi connectivity index (χ4v) is 2.03. The van der Waals surface area contributed by atoms with Crippen LogP contribution >= 0.6 is 0 Å². The van der Waals surface area contributed by atoms with Crippen LogP contribution in [-0.4, -0.2) is 17.1 Å². The van der Waals surface area contributed by atoms with Gasteiger partial charge in [-0.25, -0.2) is 4.39 Å². The molecule has 0 aliphatic rings. The van der Waals surface area contributed by atoms with E-state index in [0.717, 1.165) is 0 Å². The smallest absolute Gasteiger partial charge is 0.254 e. The molecule has 0 aromatic heterocycles. The molecule has 2 aromatic carbocycles. The molecule has 0 fully saturated rings. The predicted molar refractivity (Wildman–Crippen MR) is 80.4 cm³/mol. The number of aliphatic hydroxyl groups excluding tert-OH is 1. The standard InChI is InChI=1S/C17H16FNO2/c1-2-15(12-8-10-13(18)11-9-12)16(20)17(21)19-14-6-4-3-5-7-14/h2-11,15-16,20H,1H2,(H,19,21)/t15-,16+/m1/s1. The maximum atomic E-state index is 12.9. The number of carbonyl (C=O) groups excluding carboxylic acids is 1. The summed E-state index contributed by atoms with van der Waals surface area (Å²) >= 11 is 0. The first-order valence-electron chi connectivity index (χ1n) is 6.54. The van der Waals surface area contributed by atoms with Gasteiger partial charge in [-0.3, -0.25) is 4.79 Å². The van der Waals surface area contributed by atoms with Crippen LogP contribution in [0.3, 0.4) is 0 Å². The maximum absolute atomic E-state index is 12.9. The largest absolute Gasteiger partial charge is 0.382 e. The predicted octanol–water partition coefficient (Wildman–Crippen LogP) is 3.09. The Balaban J connectivity index is 2.12. The van der Waals surface area contributed by atoms with Crippen LogP contribution in [0.25, 0.3) is 0 Å². The van der Waals surface area contributed by atoms with E-state index in [1.54, 1.807) is 24.3 Å². The Labute approximate surface area is 122 Å². The van der Waals surface area contributed by atoms with Crippen LogP contribution in [0, 0.1) is 5.82 Å². The second kappa shape index (κ2) is 6.81. The van der Waals surface area contributed by atoms with Crippen LogP contribution in [-0.2, 0) is 4.79 Å². The lowest BCUT2D eigenvalue weighted by molar-refractivity contribution is -0.124. The summed E-state index contributed by atoms with van der Waals surface area (Å²) in [4.78, 5) is 12.1. The van der Waals surface area contributed by atoms with E-state index in [-0.39, 0.29) is 5.82 Å². The highest BCUT2D eigenvalue weighted by atomic mass is 19.1. The van der Waals surface area contributed by atoms with Gasteiger partial charge >= 0.3 is 0 Å². The average Bonchev–Trinajstić information content (AvgIpc) is 2.50. The van der Waals surface area contributed by atoms with Crippen LogP contribution < -0.4 is 5.32 Å². The summed E-state index contributed by atoms with van der Waals surface area (Å²) in [6.45, 7) is 3.64. The molecular weight excluding hydrogens is 269 g/mol. The summed E-state index contributed by atoms with van der Waals surface area (Å²) in [7, 11) is 0. The topological polar surface area (TPSA) is 49.3 Å². The van der Waals surface area contributed by atoms with Crippen LogP contribution in [0.2, 0.25) is 0 Å². The molecule has 0 aliphatic heterocycles. The number of rotatable bonds is 5. The number of nitrogens with one attached hydrogen (secondary N) is 1. The Morgan fingerprint density at radius 3 is 2.33 bits per heavy atom. The third-order valence-electron chi connectivity index (χ3n) is 3.16. The Morgan fingerprint density at radius 1 is 1.14 bits per heavy atom. The quantitative estimate of drug-likeness (QED) is 0.829. The zero-order chi connectivity index (χ0) is 15.2. The van der Waals surface area contributed by atoms with Gasteiger partial charge in [0.25, 0.3) is 5.91 Å². The van der Waals surface area contributed by atoms with Gasteiger partial charge in [-0.15, -0.1) is 6.58 Å². The number of hydrogen-bond acceptors (Lipinski definition) is 2. The molecule has 2 rings (SSSR count). The molecule has 0 bridgehead atoms. The highest BCUT2D eigenvalue weighted by Crippen LogP contribution is 2.22. The lowest BCUT2D eigenvalue weighted by Gasteiger charge is -2.19. The van der Waals surface area contributed by atoms with Gasteiger partial charge in [-0.2, -0.15) is 0 Å². The Hall–Kier alpha value is -2.46. The summed E-state index contributed by atoms with van der Waals surface area (Å²) in [5.74, 6) is -1.51. The molecule has 0 spiro atoms. The average molecular weight is 285 g/mol. The molecular formula is C17H16FNO2. The number of halogens is 1. The van der Waals surface area contributed by atoms with E-state index in [2.05, 4.69) is 11.9 Å². The third kappa shape index (κ3) is 3.77. The van der Waals surface area contributed by atoms with Crippen molar-refractivity contribution in [3.63, 3.8) is 0 Å². The van der Waals surface area contributed by atoms with Crippen LogP contribution in [0.1, 0.15) is 11.5 Å². The summed E-state index contributed by atoms with van der Waals surface area (Å²) < 4.78 is 12.9. The van der Waals surface area contributed by atoms with Crippen molar-refractivity contribution in [3.05, 3.63) is 78.6 Å². The Morgan fingerprint density at radius 2 is 1.76 bits per heavy atom. The minimum atomic E-state index is -1.30. The van der Waals surface area contributed by atoms with Crippen molar-refractivity contribution >= 4 is 11.6 Å². The second-order valence-corrected chi connectivity index (χ2v) is 4.61. The number of hydrogen-bond donors (Lipinski definition) is 2. The first kappa shape index (κ1) is 14.9. The number of para-hydroxylation sites is 1. The fourth-order valence-electron chi connectivity index (χ4n) is 2.03. The van der Waals surface area contributed by atoms with Crippen molar-refractivity contribution in [3.8, 4) is 0 Å². The van der Waals surface area contributed by atoms with Gasteiger partial charge < -0.3 is 10.4 Å². The highest BCUT2D eigenvalue weighted by Gasteiger charge is 2.25. The van der Waals surface area contributed by atoms with E-state index in [1.165, 1.54) is 30.3 Å². The molecule has 0 aliphatic carbocycles. The molecule has 3 nitrogen and oxygen atoms in total. The zero-order valence-electron chi connectivity index (χ0n) is 11.4. The number of carbonyl (C=O) groups is 1. The fraction of sp³-hybridized carbons (Fsp3) is 0.118. The molecule has 0 saturated heterocycles. The Bertz CT molecular complexity index is 610. The van der Waals surface area contributed by atoms with Gasteiger partial charge in [0.15, 0.2) is 0 Å². The molecule has 0 radical (unpaired) electrons. The van der Waals surface area contributed by atoms with E-state index < -0.39 is 17.9 Å². The molecule has 2 aromatic rings. The van der Waals surface area contributed by atoms with E-state index >= 15 is 0 Å². The minimum absolute atomic E-state index is 0.371. The van der Waals surface area contributed by atoms with Gasteiger partial charge in [-0.1, -0.05) is 36.4 Å². The van der Waals surface area contributed by atoms with Gasteiger partial charge in [0.1, 0.15) is 11.9 Å². The molecule has 0 saturated carbocycles. The first-order valence-corrected chi connectivity index (χ1v) is 6.54. The van der Waals surface area contributed by atoms with Crippen molar-refractivity contribution in [2.45, 2.75) is 12.0 Å². The van der Waals surface area contributed by atoms with Gasteiger partial charge in [0.05, 0.1) is 0 Å². The molecule has 2 atom stereocenters. The van der Waals surface area contributed by atoms with Crippen LogP contribution in [0.5, 0.6) is 0 Å². The Kier molecular flexibility index (Phi) is 4.85. The first-order chi connectivity index (χ1) is 10.1. The summed E-state index contributed by atoms with van der Waals surface area (Å²) in [5.41, 5.74) is 1.23. The molecule has 1 amide bonds. The van der Waals surface area contributed by atoms with Crippen LogP contribution in [0.4, 0.5) is 10.1 Å². The van der Waals surface area contributed by atoms with Crippen molar-refractivity contribution in [1.82, 2.24) is 0 Å². The van der Waals surface area contributed by atoms with Crippen molar-refractivity contribution in [1.29, 1.82) is 0 Å². The monoisotopic (exact) mass is 285 g/mol. The summed E-state index contributed by atoms with van der Waals surface area (Å²) in [5, 5.41) is 12.8. The third-order valence-corrected chi connectivity index (χ3v) is 3.16. The van der Waals surface area contributed by atoms with Gasteiger partial charge in [-0.05, 0) is 29.8 Å². The van der Waals surface area contributed by atoms with E-state index in [9.17, 15) is 14.3 Å². The zero-order valence-corrected chi connectivity index (χ0v) is 11.4. The maximum Gasteiger partial charge on any atom is 0.254 e. The molecule has 2 N–H and O–H groups in total. The molecule has 4 heteroatoms. The van der Waals surface area contributed by atoms with E-state index in [4.69, 9.17) is 0 Å². The lowest BCUT2D eigenvalue weighted by Crippen LogP contribution is -2.32. The molecule has 108 valence electrons. The number of amides is 1. The number of benzene rings is 2. The number of aliphatic hydroxyl groups is 1. The minimum Gasteiger partial charge on any atom is -0.382 e. The second-order valence-electron chi connectivity index (χ2n) is 4.61. The normalized spacial score (nSPS) is 13.2. The molecule has 21 heavy (non-hydrogen) atoms. The van der Waals surface area contributed by atoms with Crippen molar-refractivity contribution < 1.29 is 14.3 Å². The molecule has 0 unspecified atom stereocenters. The lowest BCUT2D eigenvalue weighted by atomic mass is 9.93. The van der Waals surface area contributed by atoms with E-state index in [1.807, 2.05) is 6.07 Å². The highest BCUT2D eigenvalue weighted by molar-refractivity contribution is 5.94. The van der Waals surface area contributed by atoms with Gasteiger partial charge in [0, 0.05) is 11.6 Å². The van der Waals surface area contributed by atoms with Crippen molar-refractivity contribution in [2.24, 2.45) is 0 Å². The summed E-state index contributed by atoms with van der Waals surface area (Å²) in [6.07, 6.45) is 0.177.